The molecule has 106 valence electrons. The Bertz CT molecular complexity index is 690. The van der Waals surface area contributed by atoms with Crippen molar-refractivity contribution in [1.29, 1.82) is 0 Å². The molecule has 0 aromatic carbocycles. The van der Waals surface area contributed by atoms with Crippen molar-refractivity contribution < 1.29 is 16.8 Å². The van der Waals surface area contributed by atoms with Crippen LogP contribution in [0.1, 0.15) is 31.9 Å². The predicted octanol–water partition coefficient (Wildman–Crippen LogP) is 0.722. The minimum absolute atomic E-state index is 0.0461. The molecule has 1 aliphatic heterocycles. The van der Waals surface area contributed by atoms with Gasteiger partial charge in [-0.2, -0.15) is 0 Å². The highest BCUT2D eigenvalue weighted by Crippen LogP contribution is 2.42. The second kappa shape index (κ2) is 4.81. The smallest absolute Gasteiger partial charge is 0.283 e. The Kier molecular flexibility index (Phi) is 3.78. The lowest BCUT2D eigenvalue weighted by Crippen LogP contribution is -2.33. The van der Waals surface area contributed by atoms with Gasteiger partial charge in [-0.3, -0.25) is 0 Å². The quantitative estimate of drug-likeness (QED) is 0.883. The van der Waals surface area contributed by atoms with Crippen molar-refractivity contribution >= 4 is 31.2 Å². The van der Waals surface area contributed by atoms with Crippen molar-refractivity contribution in [2.75, 3.05) is 6.54 Å². The fraction of sp³-hybridized carbons (Fsp3) is 0.600. The monoisotopic (exact) mass is 322 g/mol. The van der Waals surface area contributed by atoms with E-state index in [-0.39, 0.29) is 14.5 Å². The normalized spacial score (nSPS) is 26.1. The number of fused-ring (bicyclic) bond motifs is 1. The lowest BCUT2D eigenvalue weighted by Gasteiger charge is -2.27. The van der Waals surface area contributed by atoms with Gasteiger partial charge in [0.1, 0.15) is 8.42 Å². The van der Waals surface area contributed by atoms with Gasteiger partial charge in [0.05, 0.1) is 5.25 Å². The Hall–Kier alpha value is -0.480. The third-order valence-electron chi connectivity index (χ3n) is 3.14. The Morgan fingerprint density at radius 2 is 2.16 bits per heavy atom. The van der Waals surface area contributed by atoms with Crippen LogP contribution in [0.25, 0.3) is 0 Å². The number of hydrogen-bond donors (Lipinski definition) is 1. The molecule has 6 nitrogen and oxygen atoms in total. The lowest BCUT2D eigenvalue weighted by molar-refractivity contribution is 0.477. The minimum Gasteiger partial charge on any atom is -0.310 e. The van der Waals surface area contributed by atoms with Crippen LogP contribution in [0.2, 0.25) is 0 Å². The predicted molar refractivity (Wildman–Crippen MR) is 71.3 cm³/mol. The molecule has 0 saturated heterocycles. The van der Waals surface area contributed by atoms with Crippen LogP contribution in [0.15, 0.2) is 14.5 Å². The number of hydrogen-bond acceptors (Lipinski definition) is 6. The van der Waals surface area contributed by atoms with Gasteiger partial charge in [0, 0.05) is 16.7 Å². The Labute approximate surface area is 117 Å². The molecule has 9 heteroatoms. The van der Waals surface area contributed by atoms with Crippen molar-refractivity contribution in [2.24, 2.45) is 0 Å². The maximum absolute atomic E-state index is 12.2. The maximum Gasteiger partial charge on any atom is 0.283 e. The van der Waals surface area contributed by atoms with E-state index < -0.39 is 25.1 Å². The van der Waals surface area contributed by atoms with Crippen LogP contribution in [0.3, 0.4) is 0 Å². The van der Waals surface area contributed by atoms with Gasteiger partial charge in [0.25, 0.3) is 10.0 Å². The van der Waals surface area contributed by atoms with Crippen LogP contribution in [-0.4, -0.2) is 28.6 Å². The average molecular weight is 322 g/mol. The van der Waals surface area contributed by atoms with E-state index in [1.807, 2.05) is 6.92 Å². The van der Waals surface area contributed by atoms with E-state index in [2.05, 4.69) is 5.32 Å². The maximum atomic E-state index is 12.2. The molecular formula is C10H14N2O4S3. The lowest BCUT2D eigenvalue weighted by atomic mass is 10.1. The standard InChI is InChI=1S/C10H14N2O4S3/c1-3-12-8-4-6(2)18(13,14)10-7(8)5-9(17-10)19(11,15)16/h5-6,8,12H,3-4H2,1-2H3. The van der Waals surface area contributed by atoms with E-state index >= 15 is 0 Å². The Morgan fingerprint density at radius 1 is 1.53 bits per heavy atom. The Morgan fingerprint density at radius 3 is 2.68 bits per heavy atom. The van der Waals surface area contributed by atoms with Gasteiger partial charge >= 0.3 is 0 Å². The molecule has 1 N–H and O–H groups in total. The van der Waals surface area contributed by atoms with Crippen LogP contribution in [0.4, 0.5) is 0 Å². The van der Waals surface area contributed by atoms with E-state index in [1.54, 1.807) is 6.92 Å². The molecule has 0 spiro atoms. The molecule has 0 fully saturated rings. The number of sulfone groups is 1. The summed E-state index contributed by atoms with van der Waals surface area (Å²) < 4.78 is 46.4. The van der Waals surface area contributed by atoms with Crippen molar-refractivity contribution in [3.05, 3.63) is 11.6 Å². The third-order valence-corrected chi connectivity index (χ3v) is 8.34. The molecule has 2 heterocycles. The molecule has 2 rings (SSSR count). The van der Waals surface area contributed by atoms with Gasteiger partial charge in [-0.05, 0) is 26.0 Å². The highest BCUT2D eigenvalue weighted by Gasteiger charge is 2.39. The zero-order valence-electron chi connectivity index (χ0n) is 10.5. The van der Waals surface area contributed by atoms with Crippen molar-refractivity contribution in [3.8, 4) is 0 Å². The summed E-state index contributed by atoms with van der Waals surface area (Å²) >= 11 is 0.617. The van der Waals surface area contributed by atoms with E-state index in [0.29, 0.717) is 29.9 Å². The van der Waals surface area contributed by atoms with Gasteiger partial charge in [-0.1, -0.05) is 6.92 Å². The summed E-state index contributed by atoms with van der Waals surface area (Å²) in [5.41, 5.74) is 0.442. The summed E-state index contributed by atoms with van der Waals surface area (Å²) in [4.78, 5) is 0. The van der Waals surface area contributed by atoms with Gasteiger partial charge < -0.3 is 5.32 Å². The molecule has 2 atom stereocenters. The average Bonchev–Trinajstić information content (AvgIpc) is 2.72. The van der Waals surface area contributed by atoms with Crippen LogP contribution in [0, 0.1) is 0 Å². The van der Waals surface area contributed by atoms with Gasteiger partial charge in [0.2, 0.25) is 0 Å². The molecule has 1 aliphatic rings. The second-order valence-corrected chi connectivity index (χ2v) is 9.75. The summed E-state index contributed by atoms with van der Waals surface area (Å²) in [6.07, 6.45) is 0.394. The zero-order chi connectivity index (χ0) is 14.4. The fourth-order valence-corrected chi connectivity index (χ4v) is 6.53. The largest absolute Gasteiger partial charge is 0.310 e. The molecule has 0 aliphatic carbocycles. The van der Waals surface area contributed by atoms with E-state index in [4.69, 9.17) is 5.14 Å². The first kappa shape index (κ1) is 14.9. The van der Waals surface area contributed by atoms with Crippen LogP contribution < -0.4 is 10.5 Å². The molecule has 0 amide bonds. The topological polar surface area (TPSA) is 103 Å². The molecule has 2 unspecified atom stereocenters. The van der Waals surface area contributed by atoms with Crippen molar-refractivity contribution in [1.82, 2.24) is 10.5 Å². The second-order valence-electron chi connectivity index (χ2n) is 4.48. The molecule has 0 saturated carbocycles. The molecular weight excluding hydrogens is 308 g/mol. The summed E-state index contributed by atoms with van der Waals surface area (Å²) in [7, 11) is -7.89. The summed E-state index contributed by atoms with van der Waals surface area (Å²) in [6, 6.07) is 1.05. The van der Waals surface area contributed by atoms with Crippen LogP contribution >= 0.6 is 11.3 Å². The van der Waals surface area contributed by atoms with Gasteiger partial charge in [-0.25, -0.2) is 16.8 Å². The van der Waals surface area contributed by atoms with Crippen LogP contribution in [0.5, 0.6) is 0 Å². The zero-order valence-corrected chi connectivity index (χ0v) is 12.9. The molecule has 1 aromatic heterocycles. The van der Waals surface area contributed by atoms with E-state index in [0.717, 1.165) is 0 Å². The number of nitrogens with one attached hydrogen (secondary N) is 1. The first-order valence-corrected chi connectivity index (χ1v) is 9.56. The third kappa shape index (κ3) is 2.57. The van der Waals surface area contributed by atoms with Gasteiger partial charge in [0.15, 0.2) is 9.84 Å². The number of nitrogens with zero attached hydrogens (tertiary/aromatic N) is 1. The Balaban J connectivity index is 2.64. The summed E-state index contributed by atoms with van der Waals surface area (Å²) in [6.45, 7) is 4.15. The van der Waals surface area contributed by atoms with Crippen molar-refractivity contribution in [2.45, 2.75) is 40.0 Å². The first-order valence-electron chi connectivity index (χ1n) is 5.76. The summed E-state index contributed by atoms with van der Waals surface area (Å²) in [5.74, 6) is 0. The van der Waals surface area contributed by atoms with E-state index in [9.17, 15) is 16.8 Å². The first-order chi connectivity index (χ1) is 8.67. The fourth-order valence-electron chi connectivity index (χ4n) is 2.17. The van der Waals surface area contributed by atoms with Gasteiger partial charge in [-0.15, -0.1) is 11.3 Å². The highest BCUT2D eigenvalue weighted by atomic mass is 32.3. The molecule has 19 heavy (non-hydrogen) atoms. The highest BCUT2D eigenvalue weighted by molar-refractivity contribution is 7.95. The molecule has 0 bridgehead atoms. The van der Waals surface area contributed by atoms with E-state index in [1.165, 1.54) is 6.07 Å². The van der Waals surface area contributed by atoms with Crippen molar-refractivity contribution in [3.63, 3.8) is 0 Å². The molecule has 2 radical (unpaired) electrons. The minimum atomic E-state index is -4.38. The summed E-state index contributed by atoms with van der Waals surface area (Å²) in [5, 5.41) is 11.6. The SMILES string of the molecule is CCNC1CC(C)S(=O)(=O)c2sc(S([N])(=O)=O)cc21. The number of rotatable bonds is 3. The van der Waals surface area contributed by atoms with Crippen LogP contribution in [-0.2, 0) is 19.9 Å². The molecule has 1 aromatic rings. The number of thiophene rings is 1. The number of sulfonamides is 1.